The maximum absolute atomic E-state index is 5.93. The van der Waals surface area contributed by atoms with E-state index in [9.17, 15) is 0 Å². The van der Waals surface area contributed by atoms with Crippen LogP contribution in [0.2, 0.25) is 0 Å². The number of nitrogen functional groups attached to an aromatic ring is 1. The number of thioether (sulfide) groups is 1. The van der Waals surface area contributed by atoms with Crippen molar-refractivity contribution in [2.45, 2.75) is 10.1 Å². The first-order chi connectivity index (χ1) is 7.84. The number of anilines is 1. The van der Waals surface area contributed by atoms with Crippen molar-refractivity contribution in [3.8, 4) is 0 Å². The fraction of sp³-hybridized carbons (Fsp3) is 0.250. The first-order valence-corrected chi connectivity index (χ1v) is 6.09. The number of nitrogens with zero attached hydrogens (tertiary/aromatic N) is 1. The molecule has 1 saturated heterocycles. The van der Waals surface area contributed by atoms with Crippen LogP contribution in [0.4, 0.5) is 5.69 Å². The highest BCUT2D eigenvalue weighted by Crippen LogP contribution is 2.35. The minimum atomic E-state index is 0.583. The summed E-state index contributed by atoms with van der Waals surface area (Å²) in [7, 11) is 0. The number of nitrogens with two attached hydrogens (primary N) is 1. The highest BCUT2D eigenvalue weighted by molar-refractivity contribution is 8.00. The summed E-state index contributed by atoms with van der Waals surface area (Å²) in [5, 5.41) is 2.81. The molecule has 4 heteroatoms. The summed E-state index contributed by atoms with van der Waals surface area (Å²) in [4.78, 5) is 5.38. The highest BCUT2D eigenvalue weighted by Gasteiger charge is 2.20. The fourth-order valence-electron chi connectivity index (χ4n) is 1.75. The molecular formula is C12H12N2OS. The molecule has 0 atom stereocenters. The van der Waals surface area contributed by atoms with Crippen LogP contribution in [0.5, 0.6) is 0 Å². The van der Waals surface area contributed by atoms with Gasteiger partial charge in [-0.2, -0.15) is 0 Å². The summed E-state index contributed by atoms with van der Waals surface area (Å²) >= 11 is 1.86. The Balaban J connectivity index is 2.06. The van der Waals surface area contributed by atoms with Crippen molar-refractivity contribution in [3.63, 3.8) is 0 Å². The van der Waals surface area contributed by atoms with Crippen molar-refractivity contribution in [2.24, 2.45) is 0 Å². The van der Waals surface area contributed by atoms with Crippen molar-refractivity contribution >= 4 is 28.2 Å². The fourth-order valence-corrected chi connectivity index (χ4v) is 2.89. The Morgan fingerprint density at radius 3 is 2.88 bits per heavy atom. The van der Waals surface area contributed by atoms with Gasteiger partial charge in [-0.05, 0) is 18.2 Å². The van der Waals surface area contributed by atoms with Gasteiger partial charge in [-0.25, -0.2) is 0 Å². The largest absolute Gasteiger partial charge is 0.398 e. The standard InChI is InChI=1S/C12H12N2OS/c13-11-1-2-12(16-8-6-15-7-8)9-3-4-14-5-10(9)11/h1-5,8H,6-7,13H2. The summed E-state index contributed by atoms with van der Waals surface area (Å²) in [5.74, 6) is 0. The molecule has 0 unspecified atom stereocenters. The lowest BCUT2D eigenvalue weighted by Crippen LogP contribution is -2.30. The maximum Gasteiger partial charge on any atom is 0.0611 e. The molecule has 1 aromatic heterocycles. The Morgan fingerprint density at radius 2 is 2.12 bits per heavy atom. The van der Waals surface area contributed by atoms with E-state index in [-0.39, 0.29) is 0 Å². The Bertz CT molecular complexity index is 525. The number of hydrogen-bond donors (Lipinski definition) is 1. The quantitative estimate of drug-likeness (QED) is 0.807. The normalized spacial score (nSPS) is 16.2. The predicted molar refractivity (Wildman–Crippen MR) is 66.6 cm³/mol. The SMILES string of the molecule is Nc1ccc(SC2COC2)c2ccncc12. The lowest BCUT2D eigenvalue weighted by Gasteiger charge is -2.25. The van der Waals surface area contributed by atoms with Gasteiger partial charge in [0, 0.05) is 33.7 Å². The second-order valence-electron chi connectivity index (χ2n) is 3.85. The van der Waals surface area contributed by atoms with Gasteiger partial charge >= 0.3 is 0 Å². The van der Waals surface area contributed by atoms with Crippen LogP contribution in [-0.4, -0.2) is 23.4 Å². The first kappa shape index (κ1) is 9.93. The van der Waals surface area contributed by atoms with E-state index in [1.807, 2.05) is 36.3 Å². The molecule has 0 aliphatic carbocycles. The monoisotopic (exact) mass is 232 g/mol. The number of pyridine rings is 1. The topological polar surface area (TPSA) is 48.1 Å². The zero-order chi connectivity index (χ0) is 11.0. The lowest BCUT2D eigenvalue weighted by molar-refractivity contribution is 0.0455. The molecule has 3 nitrogen and oxygen atoms in total. The molecule has 2 aromatic rings. The van der Waals surface area contributed by atoms with Gasteiger partial charge < -0.3 is 10.5 Å². The van der Waals surface area contributed by atoms with E-state index in [1.165, 1.54) is 10.3 Å². The zero-order valence-electron chi connectivity index (χ0n) is 8.72. The molecule has 1 aromatic carbocycles. The van der Waals surface area contributed by atoms with Crippen LogP contribution in [0.25, 0.3) is 10.8 Å². The molecule has 3 rings (SSSR count). The average Bonchev–Trinajstić information content (AvgIpc) is 2.26. The molecule has 1 aliphatic heterocycles. The second kappa shape index (κ2) is 3.96. The molecular weight excluding hydrogens is 220 g/mol. The van der Waals surface area contributed by atoms with Crippen LogP contribution < -0.4 is 5.73 Å². The van der Waals surface area contributed by atoms with Crippen molar-refractivity contribution < 1.29 is 4.74 Å². The molecule has 0 saturated carbocycles. The summed E-state index contributed by atoms with van der Waals surface area (Å²) in [6.45, 7) is 1.70. The minimum absolute atomic E-state index is 0.583. The van der Waals surface area contributed by atoms with E-state index in [0.717, 1.165) is 24.3 Å². The molecule has 82 valence electrons. The second-order valence-corrected chi connectivity index (χ2v) is 5.19. The summed E-state index contributed by atoms with van der Waals surface area (Å²) in [5.41, 5.74) is 6.72. The number of aromatic nitrogens is 1. The van der Waals surface area contributed by atoms with Crippen molar-refractivity contribution in [3.05, 3.63) is 30.6 Å². The Kier molecular flexibility index (Phi) is 2.46. The average molecular weight is 232 g/mol. The summed E-state index contributed by atoms with van der Waals surface area (Å²) in [6.07, 6.45) is 3.63. The van der Waals surface area contributed by atoms with Crippen LogP contribution in [0, 0.1) is 0 Å². The molecule has 2 heterocycles. The van der Waals surface area contributed by atoms with Gasteiger partial charge in [0.2, 0.25) is 0 Å². The maximum atomic E-state index is 5.93. The van der Waals surface area contributed by atoms with Gasteiger partial charge in [-0.1, -0.05) is 0 Å². The van der Waals surface area contributed by atoms with Gasteiger partial charge in [-0.3, -0.25) is 4.98 Å². The van der Waals surface area contributed by atoms with Crippen LogP contribution in [-0.2, 0) is 4.74 Å². The first-order valence-electron chi connectivity index (χ1n) is 5.21. The predicted octanol–water partition coefficient (Wildman–Crippen LogP) is 2.31. The van der Waals surface area contributed by atoms with Crippen LogP contribution in [0.1, 0.15) is 0 Å². The number of hydrogen-bond acceptors (Lipinski definition) is 4. The summed E-state index contributed by atoms with van der Waals surface area (Å²) < 4.78 is 5.18. The molecule has 0 spiro atoms. The minimum Gasteiger partial charge on any atom is -0.398 e. The molecule has 1 fully saturated rings. The molecule has 1 aliphatic rings. The van der Waals surface area contributed by atoms with Crippen molar-refractivity contribution in [2.75, 3.05) is 18.9 Å². The van der Waals surface area contributed by atoms with Crippen LogP contribution >= 0.6 is 11.8 Å². The van der Waals surface area contributed by atoms with Gasteiger partial charge in [0.15, 0.2) is 0 Å². The lowest BCUT2D eigenvalue weighted by atomic mass is 10.1. The third-order valence-electron chi connectivity index (χ3n) is 2.71. The third-order valence-corrected chi connectivity index (χ3v) is 3.93. The highest BCUT2D eigenvalue weighted by atomic mass is 32.2. The van der Waals surface area contributed by atoms with E-state index < -0.39 is 0 Å². The third kappa shape index (κ3) is 1.64. The summed E-state index contributed by atoms with van der Waals surface area (Å²) in [6, 6.07) is 6.06. The molecule has 0 radical (unpaired) electrons. The Labute approximate surface area is 98.0 Å². The Hall–Kier alpha value is -1.26. The molecule has 2 N–H and O–H groups in total. The number of fused-ring (bicyclic) bond motifs is 1. The van der Waals surface area contributed by atoms with Gasteiger partial charge in [0.1, 0.15) is 0 Å². The van der Waals surface area contributed by atoms with E-state index in [2.05, 4.69) is 11.1 Å². The molecule has 0 bridgehead atoms. The number of benzene rings is 1. The van der Waals surface area contributed by atoms with E-state index >= 15 is 0 Å². The Morgan fingerprint density at radius 1 is 1.25 bits per heavy atom. The van der Waals surface area contributed by atoms with E-state index in [4.69, 9.17) is 10.5 Å². The van der Waals surface area contributed by atoms with Gasteiger partial charge in [0.05, 0.1) is 18.5 Å². The molecule has 0 amide bonds. The molecule has 16 heavy (non-hydrogen) atoms. The smallest absolute Gasteiger partial charge is 0.0611 e. The van der Waals surface area contributed by atoms with Crippen molar-refractivity contribution in [1.82, 2.24) is 4.98 Å². The van der Waals surface area contributed by atoms with Crippen LogP contribution in [0.15, 0.2) is 35.5 Å². The zero-order valence-corrected chi connectivity index (χ0v) is 9.54. The number of ether oxygens (including phenoxy) is 1. The van der Waals surface area contributed by atoms with Gasteiger partial charge in [-0.15, -0.1) is 11.8 Å². The van der Waals surface area contributed by atoms with E-state index in [1.54, 1.807) is 0 Å². The van der Waals surface area contributed by atoms with Crippen LogP contribution in [0.3, 0.4) is 0 Å². The van der Waals surface area contributed by atoms with Crippen molar-refractivity contribution in [1.29, 1.82) is 0 Å². The number of rotatable bonds is 2. The van der Waals surface area contributed by atoms with Gasteiger partial charge in [0.25, 0.3) is 0 Å². The van der Waals surface area contributed by atoms with E-state index in [0.29, 0.717) is 5.25 Å².